The lowest BCUT2D eigenvalue weighted by atomic mass is 10.2. The molecule has 2 nitrogen and oxygen atoms in total. The van der Waals surface area contributed by atoms with E-state index in [-0.39, 0.29) is 0 Å². The first-order chi connectivity index (χ1) is 6.36. The largest absolute Gasteiger partial charge is 0.289 e. The summed E-state index contributed by atoms with van der Waals surface area (Å²) in [4.78, 5) is 2.29. The molecule has 0 aromatic rings. The van der Waals surface area contributed by atoms with E-state index in [1.165, 1.54) is 25.0 Å². The maximum absolute atomic E-state index is 8.63. The second kappa shape index (κ2) is 6.28. The SMILES string of the molecule is CCSC1CCCCN(CC#N)C1. The van der Waals surface area contributed by atoms with E-state index in [0.717, 1.165) is 18.3 Å². The molecule has 0 N–H and O–H groups in total. The van der Waals surface area contributed by atoms with Gasteiger partial charge in [0.2, 0.25) is 0 Å². The quantitative estimate of drug-likeness (QED) is 0.650. The van der Waals surface area contributed by atoms with Crippen molar-refractivity contribution in [2.75, 3.05) is 25.4 Å². The Balaban J connectivity index is 2.35. The monoisotopic (exact) mass is 198 g/mol. The van der Waals surface area contributed by atoms with Crippen molar-refractivity contribution in [2.24, 2.45) is 0 Å². The van der Waals surface area contributed by atoms with Crippen molar-refractivity contribution in [3.8, 4) is 6.07 Å². The standard InChI is InChI=1S/C10H18N2S/c1-2-13-10-5-3-4-7-12(9-10)8-6-11/h10H,2-5,7-9H2,1H3. The third-order valence-electron chi connectivity index (χ3n) is 2.41. The topological polar surface area (TPSA) is 27.0 Å². The van der Waals surface area contributed by atoms with E-state index >= 15 is 0 Å². The zero-order valence-corrected chi connectivity index (χ0v) is 9.15. The molecule has 13 heavy (non-hydrogen) atoms. The minimum absolute atomic E-state index is 0.612. The van der Waals surface area contributed by atoms with Gasteiger partial charge in [-0.1, -0.05) is 13.3 Å². The van der Waals surface area contributed by atoms with Gasteiger partial charge in [0.05, 0.1) is 12.6 Å². The molecule has 0 amide bonds. The fourth-order valence-electron chi connectivity index (χ4n) is 1.79. The number of hydrogen-bond donors (Lipinski definition) is 0. The van der Waals surface area contributed by atoms with Crippen LogP contribution in [0.2, 0.25) is 0 Å². The molecule has 0 spiro atoms. The highest BCUT2D eigenvalue weighted by molar-refractivity contribution is 7.99. The van der Waals surface area contributed by atoms with Crippen molar-refractivity contribution < 1.29 is 0 Å². The van der Waals surface area contributed by atoms with E-state index in [1.54, 1.807) is 0 Å². The number of rotatable bonds is 3. The maximum atomic E-state index is 8.63. The Morgan fingerprint density at radius 1 is 1.54 bits per heavy atom. The summed E-state index contributed by atoms with van der Waals surface area (Å²) in [6, 6.07) is 2.24. The Morgan fingerprint density at radius 2 is 2.38 bits per heavy atom. The summed E-state index contributed by atoms with van der Waals surface area (Å²) in [6.07, 6.45) is 3.93. The van der Waals surface area contributed by atoms with Crippen LogP contribution in [0.5, 0.6) is 0 Å². The lowest BCUT2D eigenvalue weighted by Gasteiger charge is -2.20. The van der Waals surface area contributed by atoms with Crippen molar-refractivity contribution in [3.05, 3.63) is 0 Å². The molecular formula is C10H18N2S. The minimum Gasteiger partial charge on any atom is -0.289 e. The normalized spacial score (nSPS) is 25.1. The summed E-state index contributed by atoms with van der Waals surface area (Å²) in [5, 5.41) is 9.39. The number of hydrogen-bond acceptors (Lipinski definition) is 3. The van der Waals surface area contributed by atoms with Crippen LogP contribution in [0.25, 0.3) is 0 Å². The summed E-state index contributed by atoms with van der Waals surface area (Å²) >= 11 is 2.04. The summed E-state index contributed by atoms with van der Waals surface area (Å²) in [6.45, 7) is 5.06. The summed E-state index contributed by atoms with van der Waals surface area (Å²) in [5.41, 5.74) is 0. The second-order valence-corrected chi connectivity index (χ2v) is 5.04. The van der Waals surface area contributed by atoms with E-state index in [4.69, 9.17) is 5.26 Å². The first-order valence-electron chi connectivity index (χ1n) is 5.07. The molecule has 0 bridgehead atoms. The summed E-state index contributed by atoms with van der Waals surface area (Å²) < 4.78 is 0. The first kappa shape index (κ1) is 10.9. The van der Waals surface area contributed by atoms with Gasteiger partial charge >= 0.3 is 0 Å². The molecule has 1 saturated heterocycles. The molecule has 3 heteroatoms. The Kier molecular flexibility index (Phi) is 5.26. The van der Waals surface area contributed by atoms with Gasteiger partial charge < -0.3 is 0 Å². The fraction of sp³-hybridized carbons (Fsp3) is 0.900. The van der Waals surface area contributed by atoms with E-state index in [0.29, 0.717) is 6.54 Å². The molecular weight excluding hydrogens is 180 g/mol. The molecule has 0 aromatic heterocycles. The predicted molar refractivity (Wildman–Crippen MR) is 57.8 cm³/mol. The van der Waals surface area contributed by atoms with Crippen LogP contribution < -0.4 is 0 Å². The number of nitrogens with zero attached hydrogens (tertiary/aromatic N) is 2. The predicted octanol–water partition coefficient (Wildman–Crippen LogP) is 2.12. The molecule has 1 rings (SSSR count). The maximum Gasteiger partial charge on any atom is 0.0866 e. The second-order valence-electron chi connectivity index (χ2n) is 3.47. The van der Waals surface area contributed by atoms with E-state index in [9.17, 15) is 0 Å². The Labute approximate surface area is 85.3 Å². The average molecular weight is 198 g/mol. The fourth-order valence-corrected chi connectivity index (χ4v) is 2.91. The van der Waals surface area contributed by atoms with E-state index in [2.05, 4.69) is 17.9 Å². The first-order valence-corrected chi connectivity index (χ1v) is 6.12. The van der Waals surface area contributed by atoms with Crippen LogP contribution in [0.3, 0.4) is 0 Å². The molecule has 1 unspecified atom stereocenters. The van der Waals surface area contributed by atoms with Crippen molar-refractivity contribution >= 4 is 11.8 Å². The molecule has 0 saturated carbocycles. The van der Waals surface area contributed by atoms with Crippen LogP contribution >= 0.6 is 11.8 Å². The van der Waals surface area contributed by atoms with Crippen molar-refractivity contribution in [2.45, 2.75) is 31.4 Å². The van der Waals surface area contributed by atoms with Crippen molar-refractivity contribution in [1.29, 1.82) is 5.26 Å². The highest BCUT2D eigenvalue weighted by Crippen LogP contribution is 2.21. The third-order valence-corrected chi connectivity index (χ3v) is 3.60. The van der Waals surface area contributed by atoms with Gasteiger partial charge in [0, 0.05) is 11.8 Å². The minimum atomic E-state index is 0.612. The Morgan fingerprint density at radius 3 is 3.08 bits per heavy atom. The van der Waals surface area contributed by atoms with Gasteiger partial charge in [-0.3, -0.25) is 4.90 Å². The van der Waals surface area contributed by atoms with E-state index < -0.39 is 0 Å². The molecule has 1 fully saturated rings. The van der Waals surface area contributed by atoms with Crippen LogP contribution in [-0.4, -0.2) is 35.5 Å². The number of nitriles is 1. The molecule has 1 heterocycles. The highest BCUT2D eigenvalue weighted by Gasteiger charge is 2.17. The van der Waals surface area contributed by atoms with Gasteiger partial charge in [0.1, 0.15) is 0 Å². The Bertz CT molecular complexity index is 176. The van der Waals surface area contributed by atoms with Crippen molar-refractivity contribution in [3.63, 3.8) is 0 Å². The van der Waals surface area contributed by atoms with Crippen LogP contribution in [0, 0.1) is 11.3 Å². The van der Waals surface area contributed by atoms with Gasteiger partial charge in [0.25, 0.3) is 0 Å². The molecule has 1 atom stereocenters. The zero-order chi connectivity index (χ0) is 9.52. The number of likely N-dealkylation sites (tertiary alicyclic amines) is 1. The average Bonchev–Trinajstić information content (AvgIpc) is 2.32. The van der Waals surface area contributed by atoms with Gasteiger partial charge in [-0.05, 0) is 25.1 Å². The molecule has 0 radical (unpaired) electrons. The lowest BCUT2D eigenvalue weighted by molar-refractivity contribution is 0.322. The van der Waals surface area contributed by atoms with E-state index in [1.807, 2.05) is 11.8 Å². The van der Waals surface area contributed by atoms with Gasteiger partial charge in [-0.15, -0.1) is 0 Å². The molecule has 0 aliphatic carbocycles. The Hall–Kier alpha value is -0.200. The van der Waals surface area contributed by atoms with Gasteiger partial charge in [-0.25, -0.2) is 0 Å². The number of thioether (sulfide) groups is 1. The third kappa shape index (κ3) is 4.02. The molecule has 0 aromatic carbocycles. The van der Waals surface area contributed by atoms with Crippen LogP contribution in [0.15, 0.2) is 0 Å². The highest BCUT2D eigenvalue weighted by atomic mass is 32.2. The molecule has 74 valence electrons. The smallest absolute Gasteiger partial charge is 0.0866 e. The zero-order valence-electron chi connectivity index (χ0n) is 8.33. The molecule has 1 aliphatic heterocycles. The molecule has 1 aliphatic rings. The summed E-state index contributed by atoms with van der Waals surface area (Å²) in [5.74, 6) is 1.20. The van der Waals surface area contributed by atoms with Gasteiger partial charge in [-0.2, -0.15) is 17.0 Å². The van der Waals surface area contributed by atoms with Gasteiger partial charge in [0.15, 0.2) is 0 Å². The summed E-state index contributed by atoms with van der Waals surface area (Å²) in [7, 11) is 0. The van der Waals surface area contributed by atoms with Crippen molar-refractivity contribution in [1.82, 2.24) is 4.90 Å². The van der Waals surface area contributed by atoms with Crippen LogP contribution in [0.1, 0.15) is 26.2 Å². The van der Waals surface area contributed by atoms with Crippen LogP contribution in [0.4, 0.5) is 0 Å². The van der Waals surface area contributed by atoms with Crippen LogP contribution in [-0.2, 0) is 0 Å². The lowest BCUT2D eigenvalue weighted by Crippen LogP contribution is -2.30.